The van der Waals surface area contributed by atoms with Crippen molar-refractivity contribution in [2.45, 2.75) is 103 Å². The fraction of sp³-hybridized carbons (Fsp3) is 0.439. The molecule has 5 nitrogen and oxygen atoms in total. The van der Waals surface area contributed by atoms with Gasteiger partial charge in [0.05, 0.1) is 24.8 Å². The highest BCUT2D eigenvalue weighted by Gasteiger charge is 2.38. The van der Waals surface area contributed by atoms with Crippen LogP contribution < -0.4 is 0 Å². The lowest BCUT2D eigenvalue weighted by Gasteiger charge is -2.42. The van der Waals surface area contributed by atoms with Gasteiger partial charge in [-0.1, -0.05) is 79.7 Å². The normalized spacial score (nSPS) is 18.2. The average Bonchev–Trinajstić information content (AvgIpc) is 3.55. The van der Waals surface area contributed by atoms with E-state index in [1.807, 2.05) is 18.2 Å². The number of Topliss-reactive ketones (excluding diaryl/α,β-unsaturated/α-hetero) is 1. The van der Waals surface area contributed by atoms with Gasteiger partial charge in [-0.2, -0.15) is 0 Å². The number of methoxy groups -OCH3 is 1. The van der Waals surface area contributed by atoms with Gasteiger partial charge in [0, 0.05) is 16.7 Å². The molecule has 0 atom stereocenters. The van der Waals surface area contributed by atoms with E-state index in [1.165, 1.54) is 48.6 Å². The lowest BCUT2D eigenvalue weighted by Crippen LogP contribution is -2.34. The molecule has 2 aliphatic carbocycles. The molecule has 6 rings (SSSR count). The zero-order valence-electron chi connectivity index (χ0n) is 29.3. The number of esters is 1. The molecule has 0 unspecified atom stereocenters. The molecule has 0 spiro atoms. The summed E-state index contributed by atoms with van der Waals surface area (Å²) in [6.07, 6.45) is 6.48. The predicted molar refractivity (Wildman–Crippen MR) is 191 cm³/mol. The fourth-order valence-corrected chi connectivity index (χ4v) is 7.14. The van der Waals surface area contributed by atoms with E-state index in [2.05, 4.69) is 90.7 Å². The van der Waals surface area contributed by atoms with Crippen LogP contribution in [0, 0.1) is 0 Å². The van der Waals surface area contributed by atoms with Gasteiger partial charge in [-0.15, -0.1) is 11.6 Å². The number of ether oxygens (including phenoxy) is 1. The highest BCUT2D eigenvalue weighted by atomic mass is 35.5. The van der Waals surface area contributed by atoms with E-state index in [-0.39, 0.29) is 39.3 Å². The molecule has 0 radical (unpaired) electrons. The number of halogens is 1. The van der Waals surface area contributed by atoms with Crippen LogP contribution in [0.4, 0.5) is 0 Å². The number of oxazole rings is 1. The number of carbonyl (C=O) groups is 2. The minimum absolute atomic E-state index is 0.0126. The molecule has 0 N–H and O–H groups in total. The SMILES string of the molecule is CC1(C)CCC(C)(C)c2cc(C(=O)CCl)ccc21.COC(=O)c1ccc(-c2ncc(-c3ccc4c(c3)C(C)(C)CCC4(C)C)o2)cc1. The standard InChI is InChI=1S/C25H27NO3.C16H21ClO/c1-24(2)12-13-25(3,4)20-14-18(10-11-19(20)24)21-15-26-22(29-21)16-6-8-17(9-7-16)23(27)28-5;1-15(2)7-8-16(3,4)13-9-11(14(18)10-17)5-6-12(13)15/h6-11,14-15H,12-13H2,1-5H3;5-6,9H,7-8,10H2,1-4H3. The second-order valence-corrected chi connectivity index (χ2v) is 16.0. The zero-order valence-corrected chi connectivity index (χ0v) is 30.1. The van der Waals surface area contributed by atoms with Crippen LogP contribution in [-0.2, 0) is 26.4 Å². The molecule has 0 aliphatic heterocycles. The highest BCUT2D eigenvalue weighted by molar-refractivity contribution is 6.30. The van der Waals surface area contributed by atoms with Gasteiger partial charge >= 0.3 is 5.97 Å². The van der Waals surface area contributed by atoms with Gasteiger partial charge in [-0.3, -0.25) is 4.79 Å². The number of fused-ring (bicyclic) bond motifs is 2. The Balaban J connectivity index is 0.000000207. The van der Waals surface area contributed by atoms with Crippen LogP contribution >= 0.6 is 11.6 Å². The van der Waals surface area contributed by atoms with Crippen molar-refractivity contribution in [2.24, 2.45) is 0 Å². The summed E-state index contributed by atoms with van der Waals surface area (Å²) in [5.74, 6) is 0.999. The van der Waals surface area contributed by atoms with Crippen molar-refractivity contribution in [3.05, 3.63) is 100 Å². The average molecular weight is 654 g/mol. The van der Waals surface area contributed by atoms with E-state index >= 15 is 0 Å². The van der Waals surface area contributed by atoms with Crippen LogP contribution in [0.3, 0.4) is 0 Å². The Labute approximate surface area is 285 Å². The second kappa shape index (κ2) is 12.7. The van der Waals surface area contributed by atoms with Gasteiger partial charge in [0.15, 0.2) is 11.5 Å². The van der Waals surface area contributed by atoms with Crippen LogP contribution in [0.2, 0.25) is 0 Å². The minimum Gasteiger partial charge on any atom is -0.465 e. The number of aromatic nitrogens is 1. The Morgan fingerprint density at radius 2 is 1.15 bits per heavy atom. The first-order valence-electron chi connectivity index (χ1n) is 16.5. The number of benzene rings is 3. The molecule has 3 aromatic carbocycles. The maximum absolute atomic E-state index is 11.7. The van der Waals surface area contributed by atoms with Crippen molar-refractivity contribution in [1.82, 2.24) is 4.98 Å². The van der Waals surface area contributed by atoms with Crippen LogP contribution in [0.25, 0.3) is 22.8 Å². The van der Waals surface area contributed by atoms with Crippen LogP contribution in [0.1, 0.15) is 124 Å². The summed E-state index contributed by atoms with van der Waals surface area (Å²) in [4.78, 5) is 27.8. The summed E-state index contributed by atoms with van der Waals surface area (Å²) in [5.41, 5.74) is 9.31. The van der Waals surface area contributed by atoms with E-state index in [9.17, 15) is 9.59 Å². The van der Waals surface area contributed by atoms with Gasteiger partial charge < -0.3 is 9.15 Å². The molecular weight excluding hydrogens is 606 g/mol. The Kier molecular flexibility index (Phi) is 9.38. The molecule has 4 aromatic rings. The van der Waals surface area contributed by atoms with E-state index < -0.39 is 0 Å². The predicted octanol–water partition coefficient (Wildman–Crippen LogP) is 10.6. The van der Waals surface area contributed by atoms with Crippen molar-refractivity contribution < 1.29 is 18.7 Å². The van der Waals surface area contributed by atoms with E-state index in [1.54, 1.807) is 18.3 Å². The second-order valence-electron chi connectivity index (χ2n) is 15.7. The number of alkyl halides is 1. The number of ketones is 1. The zero-order chi connectivity index (χ0) is 34.4. The first kappa shape index (κ1) is 34.6. The van der Waals surface area contributed by atoms with Crippen molar-refractivity contribution in [2.75, 3.05) is 13.0 Å². The minimum atomic E-state index is -0.357. The van der Waals surface area contributed by atoms with Gasteiger partial charge in [-0.25, -0.2) is 9.78 Å². The van der Waals surface area contributed by atoms with Crippen LogP contribution in [0.15, 0.2) is 71.3 Å². The van der Waals surface area contributed by atoms with Crippen molar-refractivity contribution in [1.29, 1.82) is 0 Å². The first-order chi connectivity index (χ1) is 22.0. The summed E-state index contributed by atoms with van der Waals surface area (Å²) in [6.45, 7) is 18.4. The highest BCUT2D eigenvalue weighted by Crippen LogP contribution is 2.47. The fourth-order valence-electron chi connectivity index (χ4n) is 6.99. The smallest absolute Gasteiger partial charge is 0.337 e. The number of hydrogen-bond acceptors (Lipinski definition) is 5. The van der Waals surface area contributed by atoms with Crippen LogP contribution in [0.5, 0.6) is 0 Å². The third-order valence-electron chi connectivity index (χ3n) is 10.5. The largest absolute Gasteiger partial charge is 0.465 e. The van der Waals surface area contributed by atoms with Crippen molar-refractivity contribution in [3.8, 4) is 22.8 Å². The summed E-state index contributed by atoms with van der Waals surface area (Å²) in [7, 11) is 1.37. The Bertz CT molecular complexity index is 1790. The van der Waals surface area contributed by atoms with Crippen molar-refractivity contribution in [3.63, 3.8) is 0 Å². The molecule has 1 aromatic heterocycles. The molecule has 0 amide bonds. The summed E-state index contributed by atoms with van der Waals surface area (Å²) < 4.78 is 10.8. The molecule has 2 aliphatic rings. The maximum atomic E-state index is 11.7. The molecule has 248 valence electrons. The summed E-state index contributed by atoms with van der Waals surface area (Å²) in [6, 6.07) is 19.8. The third-order valence-corrected chi connectivity index (χ3v) is 10.7. The molecular formula is C41H48ClNO4. The van der Waals surface area contributed by atoms with Crippen LogP contribution in [-0.4, -0.2) is 29.7 Å². The quantitative estimate of drug-likeness (QED) is 0.122. The molecule has 1 heterocycles. The summed E-state index contributed by atoms with van der Waals surface area (Å²) in [5, 5.41) is 0. The molecule has 6 heteroatoms. The molecule has 47 heavy (non-hydrogen) atoms. The topological polar surface area (TPSA) is 69.4 Å². The van der Waals surface area contributed by atoms with Crippen molar-refractivity contribution >= 4 is 23.4 Å². The van der Waals surface area contributed by atoms with Gasteiger partial charge in [0.1, 0.15) is 0 Å². The van der Waals surface area contributed by atoms with Gasteiger partial charge in [-0.05, 0) is 106 Å². The Morgan fingerprint density at radius 3 is 1.68 bits per heavy atom. The first-order valence-corrected chi connectivity index (χ1v) is 17.1. The Hall–Kier alpha value is -3.70. The number of nitrogens with zero attached hydrogens (tertiary/aromatic N) is 1. The van der Waals surface area contributed by atoms with Gasteiger partial charge in [0.2, 0.25) is 5.89 Å². The molecule has 0 fully saturated rings. The Morgan fingerprint density at radius 1 is 0.681 bits per heavy atom. The molecule has 0 saturated carbocycles. The van der Waals surface area contributed by atoms with E-state index in [4.69, 9.17) is 20.8 Å². The number of hydrogen-bond donors (Lipinski definition) is 0. The molecule has 0 bridgehead atoms. The lowest BCUT2D eigenvalue weighted by molar-refractivity contribution is 0.0600. The number of rotatable bonds is 5. The van der Waals surface area contributed by atoms with E-state index in [0.29, 0.717) is 11.5 Å². The third kappa shape index (κ3) is 6.97. The monoisotopic (exact) mass is 653 g/mol. The number of carbonyl (C=O) groups excluding carboxylic acids is 2. The van der Waals surface area contributed by atoms with Gasteiger partial charge in [0.25, 0.3) is 0 Å². The molecule has 0 saturated heterocycles. The summed E-state index contributed by atoms with van der Waals surface area (Å²) >= 11 is 5.65. The van der Waals surface area contributed by atoms with E-state index in [0.717, 1.165) is 28.9 Å². The lowest BCUT2D eigenvalue weighted by atomic mass is 9.63. The maximum Gasteiger partial charge on any atom is 0.337 e.